The molecule has 28 heavy (non-hydrogen) atoms. The highest BCUT2D eigenvalue weighted by atomic mass is 35.5. The van der Waals surface area contributed by atoms with E-state index in [0.717, 1.165) is 18.4 Å². The van der Waals surface area contributed by atoms with Gasteiger partial charge in [0.15, 0.2) is 0 Å². The van der Waals surface area contributed by atoms with Crippen LogP contribution >= 0.6 is 11.6 Å². The van der Waals surface area contributed by atoms with Crippen LogP contribution in [0.25, 0.3) is 11.1 Å². The number of ether oxygens (including phenoxy) is 1. The molecule has 1 aliphatic heterocycles. The Bertz CT molecular complexity index is 909. The number of fused-ring (bicyclic) bond motifs is 1. The van der Waals surface area contributed by atoms with Gasteiger partial charge in [-0.05, 0) is 24.1 Å². The van der Waals surface area contributed by atoms with E-state index in [2.05, 4.69) is 6.92 Å². The van der Waals surface area contributed by atoms with Crippen molar-refractivity contribution in [3.05, 3.63) is 40.7 Å². The minimum atomic E-state index is -0.582. The van der Waals surface area contributed by atoms with Gasteiger partial charge in [-0.3, -0.25) is 4.79 Å². The molecule has 8 heteroatoms. The number of primary amides is 2. The summed E-state index contributed by atoms with van der Waals surface area (Å²) in [6, 6.07) is 6.46. The first-order chi connectivity index (χ1) is 13.4. The molecule has 0 saturated carbocycles. The molecule has 0 radical (unpaired) electrons. The quantitative estimate of drug-likeness (QED) is 0.769. The van der Waals surface area contributed by atoms with E-state index >= 15 is 0 Å². The summed E-state index contributed by atoms with van der Waals surface area (Å²) in [5.74, 6) is 0.0655. The molecule has 3 amide bonds. The Morgan fingerprint density at radius 3 is 2.64 bits per heavy atom. The lowest BCUT2D eigenvalue weighted by Crippen LogP contribution is -2.45. The summed E-state index contributed by atoms with van der Waals surface area (Å²) in [5.41, 5.74) is 13.7. The molecule has 2 heterocycles. The van der Waals surface area contributed by atoms with Crippen LogP contribution in [0, 0.1) is 0 Å². The number of methoxy groups -OCH3 is 1. The largest absolute Gasteiger partial charge is 0.497 e. The summed E-state index contributed by atoms with van der Waals surface area (Å²) in [5, 5.41) is 0.433. The van der Waals surface area contributed by atoms with Gasteiger partial charge in [-0.2, -0.15) is 0 Å². The zero-order valence-corrected chi connectivity index (χ0v) is 16.8. The third-order valence-corrected chi connectivity index (χ3v) is 5.61. The number of unbranched alkanes of at least 4 members (excludes halogenated alkanes) is 1. The fourth-order valence-corrected chi connectivity index (χ4v) is 4.31. The number of amides is 3. The standard InChI is InChI=1S/C20H25ClN4O3/c1-3-4-8-14-17-16(19(22)26)15(12-6-5-7-13(11-12)28-2)18(21)25(17)10-9-24(14)20(23)27/h5-7,11,14H,3-4,8-10H2,1-2H3,(H2,22,26)(H2,23,27). The molecule has 0 fully saturated rings. The number of rotatable bonds is 6. The molecule has 0 aliphatic carbocycles. The molecule has 0 saturated heterocycles. The van der Waals surface area contributed by atoms with Gasteiger partial charge in [0, 0.05) is 18.7 Å². The van der Waals surface area contributed by atoms with Crippen molar-refractivity contribution in [2.45, 2.75) is 38.8 Å². The van der Waals surface area contributed by atoms with E-state index in [-0.39, 0.29) is 6.04 Å². The van der Waals surface area contributed by atoms with Crippen LogP contribution in [0.3, 0.4) is 0 Å². The Kier molecular flexibility index (Phi) is 5.84. The van der Waals surface area contributed by atoms with E-state index in [0.29, 0.717) is 47.2 Å². The average molecular weight is 405 g/mol. The van der Waals surface area contributed by atoms with Crippen LogP contribution in [0.15, 0.2) is 24.3 Å². The fraction of sp³-hybridized carbons (Fsp3) is 0.400. The summed E-state index contributed by atoms with van der Waals surface area (Å²) in [6.07, 6.45) is 2.51. The summed E-state index contributed by atoms with van der Waals surface area (Å²) in [4.78, 5) is 26.2. The zero-order valence-electron chi connectivity index (χ0n) is 16.1. The summed E-state index contributed by atoms with van der Waals surface area (Å²) >= 11 is 6.73. The summed E-state index contributed by atoms with van der Waals surface area (Å²) < 4.78 is 7.19. The molecule has 1 unspecified atom stereocenters. The lowest BCUT2D eigenvalue weighted by molar-refractivity contribution is 0.0993. The summed E-state index contributed by atoms with van der Waals surface area (Å²) in [6.45, 7) is 2.95. The molecule has 0 spiro atoms. The van der Waals surface area contributed by atoms with Crippen molar-refractivity contribution >= 4 is 23.5 Å². The molecule has 2 aromatic rings. The number of nitrogens with zero attached hydrogens (tertiary/aromatic N) is 2. The second-order valence-electron chi connectivity index (χ2n) is 6.86. The number of benzene rings is 1. The van der Waals surface area contributed by atoms with Crippen molar-refractivity contribution in [2.75, 3.05) is 13.7 Å². The average Bonchev–Trinajstić information content (AvgIpc) is 2.99. The second-order valence-corrected chi connectivity index (χ2v) is 7.22. The van der Waals surface area contributed by atoms with E-state index in [1.54, 1.807) is 12.0 Å². The maximum atomic E-state index is 12.5. The van der Waals surface area contributed by atoms with Crippen molar-refractivity contribution in [1.29, 1.82) is 0 Å². The number of urea groups is 1. The van der Waals surface area contributed by atoms with Gasteiger partial charge in [0.05, 0.1) is 24.4 Å². The minimum absolute atomic E-state index is 0.338. The molecule has 1 aromatic carbocycles. The first-order valence-electron chi connectivity index (χ1n) is 9.32. The molecule has 1 aromatic heterocycles. The Hall–Kier alpha value is -2.67. The molecule has 150 valence electrons. The maximum Gasteiger partial charge on any atom is 0.315 e. The Labute approximate surface area is 169 Å². The molecule has 1 atom stereocenters. The van der Waals surface area contributed by atoms with E-state index in [1.807, 2.05) is 28.8 Å². The lowest BCUT2D eigenvalue weighted by atomic mass is 9.95. The fourth-order valence-electron chi connectivity index (χ4n) is 3.93. The van der Waals surface area contributed by atoms with Crippen molar-refractivity contribution in [3.63, 3.8) is 0 Å². The van der Waals surface area contributed by atoms with Crippen LogP contribution in [0.2, 0.25) is 5.15 Å². The first-order valence-corrected chi connectivity index (χ1v) is 9.70. The second kappa shape index (κ2) is 8.14. The third kappa shape index (κ3) is 3.42. The predicted octanol–water partition coefficient (Wildman–Crippen LogP) is 3.54. The summed E-state index contributed by atoms with van der Waals surface area (Å²) in [7, 11) is 1.58. The first kappa shape index (κ1) is 20.1. The van der Waals surface area contributed by atoms with Gasteiger partial charge >= 0.3 is 6.03 Å². The van der Waals surface area contributed by atoms with E-state index < -0.39 is 11.9 Å². The predicted molar refractivity (Wildman–Crippen MR) is 109 cm³/mol. The third-order valence-electron chi connectivity index (χ3n) is 5.22. The SMILES string of the molecule is CCCCC1c2c(C(N)=O)c(-c3cccc(OC)c3)c(Cl)n2CCN1C(N)=O. The smallest absolute Gasteiger partial charge is 0.315 e. The molecule has 7 nitrogen and oxygen atoms in total. The Morgan fingerprint density at radius 2 is 2.04 bits per heavy atom. The van der Waals surface area contributed by atoms with Crippen LogP contribution in [0.4, 0.5) is 4.79 Å². The normalized spacial score (nSPS) is 16.0. The van der Waals surface area contributed by atoms with Gasteiger partial charge in [0.25, 0.3) is 5.91 Å². The van der Waals surface area contributed by atoms with Crippen LogP contribution < -0.4 is 16.2 Å². The van der Waals surface area contributed by atoms with Crippen LogP contribution in [-0.4, -0.2) is 35.1 Å². The van der Waals surface area contributed by atoms with Gasteiger partial charge < -0.3 is 25.7 Å². The number of carbonyl (C=O) groups excluding carboxylic acids is 2. The van der Waals surface area contributed by atoms with Crippen molar-refractivity contribution in [1.82, 2.24) is 9.47 Å². The number of hydrogen-bond donors (Lipinski definition) is 2. The molecular formula is C20H25ClN4O3. The van der Waals surface area contributed by atoms with Crippen LogP contribution in [0.5, 0.6) is 5.75 Å². The number of halogens is 1. The van der Waals surface area contributed by atoms with Gasteiger partial charge in [0.2, 0.25) is 0 Å². The van der Waals surface area contributed by atoms with E-state index in [1.165, 1.54) is 0 Å². The van der Waals surface area contributed by atoms with Crippen LogP contribution in [0.1, 0.15) is 48.3 Å². The highest BCUT2D eigenvalue weighted by molar-refractivity contribution is 6.33. The van der Waals surface area contributed by atoms with Crippen molar-refractivity contribution in [3.8, 4) is 16.9 Å². The molecule has 4 N–H and O–H groups in total. The van der Waals surface area contributed by atoms with Crippen molar-refractivity contribution in [2.24, 2.45) is 11.5 Å². The molecule has 3 rings (SSSR count). The van der Waals surface area contributed by atoms with Gasteiger partial charge in [-0.15, -0.1) is 0 Å². The van der Waals surface area contributed by atoms with Crippen LogP contribution in [-0.2, 0) is 6.54 Å². The number of aromatic nitrogens is 1. The monoisotopic (exact) mass is 404 g/mol. The van der Waals surface area contributed by atoms with Gasteiger partial charge in [-0.1, -0.05) is 43.5 Å². The Balaban J connectivity index is 2.25. The Morgan fingerprint density at radius 1 is 1.29 bits per heavy atom. The van der Waals surface area contributed by atoms with E-state index in [9.17, 15) is 9.59 Å². The van der Waals surface area contributed by atoms with Crippen molar-refractivity contribution < 1.29 is 14.3 Å². The molecule has 0 bridgehead atoms. The highest BCUT2D eigenvalue weighted by Gasteiger charge is 2.37. The lowest BCUT2D eigenvalue weighted by Gasteiger charge is -2.36. The number of hydrogen-bond acceptors (Lipinski definition) is 3. The number of carbonyl (C=O) groups is 2. The van der Waals surface area contributed by atoms with E-state index in [4.69, 9.17) is 27.8 Å². The number of nitrogens with two attached hydrogens (primary N) is 2. The van der Waals surface area contributed by atoms with Gasteiger partial charge in [0.1, 0.15) is 10.9 Å². The maximum absolute atomic E-state index is 12.5. The zero-order chi connectivity index (χ0) is 20.4. The van der Waals surface area contributed by atoms with Gasteiger partial charge in [-0.25, -0.2) is 4.79 Å². The topological polar surface area (TPSA) is 104 Å². The molecule has 1 aliphatic rings. The molecular weight excluding hydrogens is 380 g/mol. The minimum Gasteiger partial charge on any atom is -0.497 e. The highest BCUT2D eigenvalue weighted by Crippen LogP contribution is 2.43.